The highest BCUT2D eigenvalue weighted by molar-refractivity contribution is 5.79. The van der Waals surface area contributed by atoms with Gasteiger partial charge in [0.2, 0.25) is 5.91 Å². The second-order valence-electron chi connectivity index (χ2n) is 5.92. The number of amides is 1. The maximum Gasteiger partial charge on any atom is 0.328 e. The molecule has 1 amide bonds. The molecule has 7 heteroatoms. The number of aromatic nitrogens is 2. The summed E-state index contributed by atoms with van der Waals surface area (Å²) in [6, 6.07) is 6.90. The van der Waals surface area contributed by atoms with Crippen LogP contribution in [-0.4, -0.2) is 46.2 Å². The van der Waals surface area contributed by atoms with E-state index in [1.54, 1.807) is 29.2 Å². The molecule has 1 saturated heterocycles. The number of carbonyl (C=O) groups excluding carboxylic acids is 1. The lowest BCUT2D eigenvalue weighted by atomic mass is 10.2. The van der Waals surface area contributed by atoms with E-state index in [1.807, 2.05) is 6.92 Å². The number of nitrogens with one attached hydrogen (secondary N) is 1. The van der Waals surface area contributed by atoms with Crippen LogP contribution in [0.2, 0.25) is 0 Å². The fourth-order valence-electron chi connectivity index (χ4n) is 3.02. The number of carbonyl (C=O) groups is 1. The van der Waals surface area contributed by atoms with Gasteiger partial charge in [-0.2, -0.15) is 0 Å². The number of rotatable bonds is 4. The lowest BCUT2D eigenvalue weighted by Crippen LogP contribution is -2.45. The number of fused-ring (bicyclic) bond motifs is 1. The van der Waals surface area contributed by atoms with E-state index < -0.39 is 11.2 Å². The fourth-order valence-corrected chi connectivity index (χ4v) is 3.02. The van der Waals surface area contributed by atoms with Gasteiger partial charge in [-0.25, -0.2) is 4.79 Å². The van der Waals surface area contributed by atoms with Crippen LogP contribution in [0.4, 0.5) is 0 Å². The normalized spacial score (nSPS) is 18.0. The van der Waals surface area contributed by atoms with E-state index in [0.717, 1.165) is 6.42 Å². The van der Waals surface area contributed by atoms with Crippen LogP contribution in [0.5, 0.6) is 0 Å². The largest absolute Gasteiger partial charge is 0.375 e. The fraction of sp³-hybridized carbons (Fsp3) is 0.471. The molecule has 1 aliphatic rings. The molecule has 0 aliphatic carbocycles. The van der Waals surface area contributed by atoms with Crippen molar-refractivity contribution < 1.29 is 9.53 Å². The molecule has 128 valence electrons. The van der Waals surface area contributed by atoms with Crippen molar-refractivity contribution in [2.45, 2.75) is 32.4 Å². The zero-order valence-corrected chi connectivity index (χ0v) is 13.7. The third kappa shape index (κ3) is 3.26. The highest BCUT2D eigenvalue weighted by atomic mass is 16.5. The van der Waals surface area contributed by atoms with Crippen molar-refractivity contribution in [3.05, 3.63) is 45.1 Å². The zero-order valence-electron chi connectivity index (χ0n) is 13.7. The van der Waals surface area contributed by atoms with Gasteiger partial charge in [0.05, 0.1) is 23.6 Å². The topological polar surface area (TPSA) is 84.4 Å². The molecule has 0 radical (unpaired) electrons. The van der Waals surface area contributed by atoms with Crippen LogP contribution in [0.15, 0.2) is 33.9 Å². The highest BCUT2D eigenvalue weighted by Crippen LogP contribution is 2.11. The molecule has 2 aromatic rings. The van der Waals surface area contributed by atoms with Gasteiger partial charge in [0.15, 0.2) is 0 Å². The number of aryl methyl sites for hydroxylation is 1. The third-order valence-corrected chi connectivity index (χ3v) is 4.40. The summed E-state index contributed by atoms with van der Waals surface area (Å²) in [6.07, 6.45) is 1.17. The molecule has 1 fully saturated rings. The third-order valence-electron chi connectivity index (χ3n) is 4.40. The molecule has 2 heterocycles. The summed E-state index contributed by atoms with van der Waals surface area (Å²) in [6.45, 7) is 3.99. The number of aromatic amines is 1. The van der Waals surface area contributed by atoms with E-state index in [-0.39, 0.29) is 25.0 Å². The predicted molar refractivity (Wildman–Crippen MR) is 90.1 cm³/mol. The molecule has 1 aromatic carbocycles. The quantitative estimate of drug-likeness (QED) is 0.894. The second kappa shape index (κ2) is 7.00. The van der Waals surface area contributed by atoms with Gasteiger partial charge >= 0.3 is 5.69 Å². The van der Waals surface area contributed by atoms with Crippen LogP contribution in [0, 0.1) is 0 Å². The number of hydrogen-bond acceptors (Lipinski definition) is 4. The predicted octanol–water partition coefficient (Wildman–Crippen LogP) is 0.717. The molecule has 7 nitrogen and oxygen atoms in total. The van der Waals surface area contributed by atoms with Crippen LogP contribution in [0.3, 0.4) is 0 Å². The minimum Gasteiger partial charge on any atom is -0.375 e. The second-order valence-corrected chi connectivity index (χ2v) is 5.92. The molecule has 0 bridgehead atoms. The first-order valence-corrected chi connectivity index (χ1v) is 8.21. The van der Waals surface area contributed by atoms with E-state index in [0.29, 0.717) is 30.6 Å². The van der Waals surface area contributed by atoms with Crippen LogP contribution in [-0.2, 0) is 16.1 Å². The van der Waals surface area contributed by atoms with Gasteiger partial charge in [0.1, 0.15) is 0 Å². The highest BCUT2D eigenvalue weighted by Gasteiger charge is 2.23. The van der Waals surface area contributed by atoms with Gasteiger partial charge in [-0.1, -0.05) is 19.1 Å². The Morgan fingerprint density at radius 1 is 1.33 bits per heavy atom. The lowest BCUT2D eigenvalue weighted by molar-refractivity contribution is -0.139. The van der Waals surface area contributed by atoms with E-state index in [4.69, 9.17) is 4.74 Å². The molecule has 0 spiro atoms. The van der Waals surface area contributed by atoms with Gasteiger partial charge < -0.3 is 9.64 Å². The number of hydrogen-bond donors (Lipinski definition) is 1. The Hall–Kier alpha value is -2.41. The molecular weight excluding hydrogens is 310 g/mol. The summed E-state index contributed by atoms with van der Waals surface area (Å²) in [7, 11) is 0. The summed E-state index contributed by atoms with van der Waals surface area (Å²) in [5.41, 5.74) is -0.343. The molecule has 1 unspecified atom stereocenters. The molecule has 0 saturated carbocycles. The van der Waals surface area contributed by atoms with Crippen molar-refractivity contribution in [2.24, 2.45) is 0 Å². The van der Waals surface area contributed by atoms with Gasteiger partial charge in [0.25, 0.3) is 5.56 Å². The molecule has 1 N–H and O–H groups in total. The minimum atomic E-state index is -0.486. The van der Waals surface area contributed by atoms with Gasteiger partial charge in [-0.3, -0.25) is 19.1 Å². The zero-order chi connectivity index (χ0) is 17.1. The van der Waals surface area contributed by atoms with Crippen molar-refractivity contribution >= 4 is 16.8 Å². The number of benzene rings is 1. The van der Waals surface area contributed by atoms with Crippen molar-refractivity contribution in [3.8, 4) is 0 Å². The van der Waals surface area contributed by atoms with E-state index >= 15 is 0 Å². The number of morpholine rings is 1. The van der Waals surface area contributed by atoms with Crippen molar-refractivity contribution in [1.29, 1.82) is 0 Å². The first-order valence-electron chi connectivity index (χ1n) is 8.21. The van der Waals surface area contributed by atoms with Crippen LogP contribution in [0.25, 0.3) is 10.9 Å². The Labute approximate surface area is 138 Å². The minimum absolute atomic E-state index is 0.000990. The Kier molecular flexibility index (Phi) is 4.80. The van der Waals surface area contributed by atoms with Gasteiger partial charge in [-0.05, 0) is 18.6 Å². The van der Waals surface area contributed by atoms with Crippen LogP contribution in [0.1, 0.15) is 19.8 Å². The Morgan fingerprint density at radius 3 is 2.92 bits per heavy atom. The van der Waals surface area contributed by atoms with Gasteiger partial charge in [-0.15, -0.1) is 0 Å². The standard InChI is InChI=1S/C17H21N3O4/c1-2-12-11-19(9-10-24-12)15(21)7-8-20-14-6-4-3-5-13(14)16(22)18-17(20)23/h3-6,12H,2,7-11H2,1H3,(H,18,22,23). The number of H-pyrrole nitrogens is 1. The molecule has 1 atom stereocenters. The van der Waals surface area contributed by atoms with E-state index in [2.05, 4.69) is 4.98 Å². The molecule has 24 heavy (non-hydrogen) atoms. The van der Waals surface area contributed by atoms with Crippen molar-refractivity contribution in [3.63, 3.8) is 0 Å². The van der Waals surface area contributed by atoms with E-state index in [1.165, 1.54) is 4.57 Å². The summed E-state index contributed by atoms with van der Waals surface area (Å²) in [5.74, 6) is -0.000990. The maximum absolute atomic E-state index is 12.4. The van der Waals surface area contributed by atoms with Crippen LogP contribution < -0.4 is 11.2 Å². The van der Waals surface area contributed by atoms with Gasteiger partial charge in [0, 0.05) is 26.1 Å². The average molecular weight is 331 g/mol. The van der Waals surface area contributed by atoms with Crippen LogP contribution >= 0.6 is 0 Å². The summed E-state index contributed by atoms with van der Waals surface area (Å²) in [4.78, 5) is 40.5. The average Bonchev–Trinajstić information content (AvgIpc) is 2.61. The molecule has 1 aromatic heterocycles. The Balaban J connectivity index is 1.77. The first-order chi connectivity index (χ1) is 11.6. The number of ether oxygens (including phenoxy) is 1. The molecule has 3 rings (SSSR count). The van der Waals surface area contributed by atoms with E-state index in [9.17, 15) is 14.4 Å². The number of para-hydroxylation sites is 1. The Morgan fingerprint density at radius 2 is 2.12 bits per heavy atom. The summed E-state index contributed by atoms with van der Waals surface area (Å²) < 4.78 is 7.02. The Bertz CT molecular complexity index is 855. The summed E-state index contributed by atoms with van der Waals surface area (Å²) >= 11 is 0. The lowest BCUT2D eigenvalue weighted by Gasteiger charge is -2.32. The smallest absolute Gasteiger partial charge is 0.328 e. The maximum atomic E-state index is 12.4. The van der Waals surface area contributed by atoms with Crippen molar-refractivity contribution in [2.75, 3.05) is 19.7 Å². The first kappa shape index (κ1) is 16.4. The molecular formula is C17H21N3O4. The molecule has 1 aliphatic heterocycles. The van der Waals surface area contributed by atoms with Crippen molar-refractivity contribution in [1.82, 2.24) is 14.5 Å². The SMILES string of the molecule is CCC1CN(C(=O)CCn2c(=O)[nH]c(=O)c3ccccc32)CCO1. The number of nitrogens with zero attached hydrogens (tertiary/aromatic N) is 2. The monoisotopic (exact) mass is 331 g/mol. The summed E-state index contributed by atoms with van der Waals surface area (Å²) in [5, 5.41) is 0.446.